The molecule has 0 saturated heterocycles. The van der Waals surface area contributed by atoms with Crippen molar-refractivity contribution in [1.29, 1.82) is 0 Å². The number of hydrogen-bond donors (Lipinski definition) is 2. The van der Waals surface area contributed by atoms with Crippen molar-refractivity contribution in [2.24, 2.45) is 16.6 Å². The fourth-order valence-corrected chi connectivity index (χ4v) is 3.03. The van der Waals surface area contributed by atoms with Crippen molar-refractivity contribution in [2.75, 3.05) is 0 Å². The van der Waals surface area contributed by atoms with Crippen molar-refractivity contribution in [1.82, 2.24) is 59.6 Å². The summed E-state index contributed by atoms with van der Waals surface area (Å²) in [6.07, 6.45) is 7.33. The number of fused-ring (bicyclic) bond motifs is 2. The molecule has 0 bridgehead atoms. The third kappa shape index (κ3) is 3.38. The van der Waals surface area contributed by atoms with Crippen LogP contribution in [0.1, 0.15) is 22.8 Å². The van der Waals surface area contributed by atoms with Gasteiger partial charge in [-0.15, -0.1) is 20.4 Å². The van der Waals surface area contributed by atoms with Crippen molar-refractivity contribution in [3.63, 3.8) is 0 Å². The number of hydrogen-bond acceptors (Lipinski definition) is 11. The zero-order valence-electron chi connectivity index (χ0n) is 16.1. The van der Waals surface area contributed by atoms with E-state index in [-0.39, 0.29) is 18.8 Å². The van der Waals surface area contributed by atoms with E-state index in [1.165, 1.54) is 30.0 Å². The molecule has 1 aliphatic carbocycles. The lowest BCUT2D eigenvalue weighted by Gasteiger charge is -2.12. The predicted molar refractivity (Wildman–Crippen MR) is 103 cm³/mol. The minimum absolute atomic E-state index is 0.250. The van der Waals surface area contributed by atoms with Gasteiger partial charge in [-0.2, -0.15) is 35.1 Å². The predicted octanol–water partition coefficient (Wildman–Crippen LogP) is -3.32. The summed E-state index contributed by atoms with van der Waals surface area (Å²) >= 11 is 0. The highest BCUT2D eigenvalue weighted by molar-refractivity contribution is 6.19. The molecule has 0 spiro atoms. The van der Waals surface area contributed by atoms with Gasteiger partial charge < -0.3 is 11.5 Å². The standard InChI is InChI=1S/C15H13N15O2/c16-9(31)2-29-23-11-8(1-27-4-18-19-5-27)12-14(26-30(24-12)3-10(17)32)15(13(11)25-29)22-28-6-20-21-7-28/h1,4-7H,2-3H2,(H2,16,31)(H2,17,32). The maximum absolute atomic E-state index is 11.4. The molecular formula is C15H13N15O2. The lowest BCUT2D eigenvalue weighted by molar-refractivity contribution is -0.119. The van der Waals surface area contributed by atoms with Gasteiger partial charge in [0.15, 0.2) is 0 Å². The SMILES string of the molecule is NC(=O)Cn1nc2c(n1)C(=Nn1cnnc1)c1nn(CC(N)=O)nc1C2=Cn1cnnc1. The fraction of sp³-hybridized carbons (Fsp3) is 0.133. The smallest absolute Gasteiger partial charge is 0.241 e. The maximum Gasteiger partial charge on any atom is 0.241 e. The van der Waals surface area contributed by atoms with Gasteiger partial charge >= 0.3 is 0 Å². The molecule has 4 heterocycles. The number of nitrogens with zero attached hydrogens (tertiary/aromatic N) is 13. The van der Waals surface area contributed by atoms with Gasteiger partial charge in [-0.3, -0.25) is 14.2 Å². The molecular weight excluding hydrogens is 422 g/mol. The number of carbonyl (C=O) groups excluding carboxylic acids is 2. The first-order chi connectivity index (χ1) is 15.5. The van der Waals surface area contributed by atoms with Crippen LogP contribution in [0, 0.1) is 0 Å². The Hall–Kier alpha value is -5.09. The molecule has 5 rings (SSSR count). The Morgan fingerprint density at radius 2 is 1.25 bits per heavy atom. The summed E-state index contributed by atoms with van der Waals surface area (Å²) in [4.78, 5) is 25.2. The summed E-state index contributed by atoms with van der Waals surface area (Å²) in [5.74, 6) is -1.25. The van der Waals surface area contributed by atoms with E-state index < -0.39 is 11.8 Å². The number of aromatic nitrogens is 12. The molecule has 2 amide bonds. The van der Waals surface area contributed by atoms with E-state index >= 15 is 0 Å². The Balaban J connectivity index is 1.76. The lowest BCUT2D eigenvalue weighted by atomic mass is 9.95. The Kier molecular flexibility index (Phi) is 4.32. The Bertz CT molecular complexity index is 1220. The van der Waals surface area contributed by atoms with E-state index in [4.69, 9.17) is 11.5 Å². The van der Waals surface area contributed by atoms with Crippen molar-refractivity contribution < 1.29 is 9.59 Å². The van der Waals surface area contributed by atoms with Crippen molar-refractivity contribution >= 4 is 29.3 Å². The second-order valence-corrected chi connectivity index (χ2v) is 6.53. The monoisotopic (exact) mass is 435 g/mol. The quantitative estimate of drug-likeness (QED) is 0.270. The zero-order valence-corrected chi connectivity index (χ0v) is 16.1. The average Bonchev–Trinajstić information content (AvgIpc) is 3.50. The largest absolute Gasteiger partial charge is 0.368 e. The molecule has 17 nitrogen and oxygen atoms in total. The van der Waals surface area contributed by atoms with Crippen LogP contribution in [0.25, 0.3) is 11.8 Å². The summed E-state index contributed by atoms with van der Waals surface area (Å²) in [7, 11) is 0. The molecule has 4 aromatic heterocycles. The van der Waals surface area contributed by atoms with Crippen LogP contribution in [0.15, 0.2) is 30.4 Å². The summed E-state index contributed by atoms with van der Waals surface area (Å²) in [6.45, 7) is -0.501. The van der Waals surface area contributed by atoms with Crippen LogP contribution in [-0.4, -0.2) is 77.2 Å². The Morgan fingerprint density at radius 1 is 0.781 bits per heavy atom. The summed E-state index contributed by atoms with van der Waals surface area (Å²) in [5.41, 5.74) is 12.7. The molecule has 0 radical (unpaired) electrons. The first kappa shape index (κ1) is 18.9. The first-order valence-corrected chi connectivity index (χ1v) is 8.96. The summed E-state index contributed by atoms with van der Waals surface area (Å²) < 4.78 is 2.92. The van der Waals surface area contributed by atoms with Gasteiger partial charge in [0.05, 0.1) is 5.57 Å². The maximum atomic E-state index is 11.4. The highest BCUT2D eigenvalue weighted by Gasteiger charge is 2.35. The average molecular weight is 435 g/mol. The van der Waals surface area contributed by atoms with Crippen LogP contribution in [0.2, 0.25) is 0 Å². The van der Waals surface area contributed by atoms with Crippen molar-refractivity contribution in [3.05, 3.63) is 48.1 Å². The molecule has 4 N–H and O–H groups in total. The number of amides is 2. The summed E-state index contributed by atoms with van der Waals surface area (Å²) in [5, 5.41) is 37.0. The third-order valence-electron chi connectivity index (χ3n) is 4.20. The highest BCUT2D eigenvalue weighted by Crippen LogP contribution is 2.33. The molecule has 0 aliphatic heterocycles. The van der Waals surface area contributed by atoms with E-state index in [1.54, 1.807) is 10.8 Å². The van der Waals surface area contributed by atoms with Crippen LogP contribution in [0.4, 0.5) is 0 Å². The van der Waals surface area contributed by atoms with Gasteiger partial charge in [0.25, 0.3) is 0 Å². The minimum atomic E-state index is -0.624. The topological polar surface area (TPSA) is 221 Å². The molecule has 0 fully saturated rings. The van der Waals surface area contributed by atoms with Crippen LogP contribution in [0.3, 0.4) is 0 Å². The van der Waals surface area contributed by atoms with E-state index in [2.05, 4.69) is 45.9 Å². The minimum Gasteiger partial charge on any atom is -0.368 e. The van der Waals surface area contributed by atoms with Gasteiger partial charge in [0.1, 0.15) is 66.9 Å². The van der Waals surface area contributed by atoms with Gasteiger partial charge in [0, 0.05) is 6.20 Å². The third-order valence-corrected chi connectivity index (χ3v) is 4.20. The first-order valence-electron chi connectivity index (χ1n) is 8.96. The molecule has 4 aromatic rings. The van der Waals surface area contributed by atoms with Gasteiger partial charge in [0.2, 0.25) is 11.8 Å². The molecule has 160 valence electrons. The highest BCUT2D eigenvalue weighted by atomic mass is 16.1. The Morgan fingerprint density at radius 3 is 1.75 bits per heavy atom. The second-order valence-electron chi connectivity index (χ2n) is 6.53. The van der Waals surface area contributed by atoms with Crippen molar-refractivity contribution in [2.45, 2.75) is 13.1 Å². The molecule has 32 heavy (non-hydrogen) atoms. The van der Waals surface area contributed by atoms with Crippen LogP contribution >= 0.6 is 0 Å². The molecule has 1 aliphatic rings. The summed E-state index contributed by atoms with van der Waals surface area (Å²) in [6, 6.07) is 0. The lowest BCUT2D eigenvalue weighted by Crippen LogP contribution is -2.21. The van der Waals surface area contributed by atoms with Gasteiger partial charge in [-0.25, -0.2) is 4.68 Å². The Labute approximate surface area is 177 Å². The van der Waals surface area contributed by atoms with E-state index in [0.29, 0.717) is 28.3 Å². The number of nitrogens with two attached hydrogens (primary N) is 2. The van der Waals surface area contributed by atoms with Gasteiger partial charge in [-0.05, 0) is 0 Å². The molecule has 0 saturated carbocycles. The van der Waals surface area contributed by atoms with Gasteiger partial charge in [-0.1, -0.05) is 0 Å². The second kappa shape index (κ2) is 7.31. The van der Waals surface area contributed by atoms with Crippen LogP contribution in [0.5, 0.6) is 0 Å². The number of rotatable bonds is 6. The normalized spacial score (nSPS) is 12.4. The number of carbonyl (C=O) groups is 2. The van der Waals surface area contributed by atoms with E-state index in [9.17, 15) is 9.59 Å². The van der Waals surface area contributed by atoms with Crippen molar-refractivity contribution in [3.8, 4) is 0 Å². The van der Waals surface area contributed by atoms with E-state index in [1.807, 2.05) is 0 Å². The zero-order chi connectivity index (χ0) is 22.2. The van der Waals surface area contributed by atoms with Crippen LogP contribution < -0.4 is 11.5 Å². The molecule has 17 heteroatoms. The molecule has 0 unspecified atom stereocenters. The number of primary amides is 2. The van der Waals surface area contributed by atoms with E-state index in [0.717, 1.165) is 9.59 Å². The van der Waals surface area contributed by atoms with Crippen LogP contribution in [-0.2, 0) is 22.7 Å². The molecule has 0 atom stereocenters. The molecule has 0 aromatic carbocycles. The fourth-order valence-electron chi connectivity index (χ4n) is 3.03.